The number of amides is 2. The molecule has 154 valence electrons. The van der Waals surface area contributed by atoms with E-state index in [9.17, 15) is 9.59 Å². The number of rotatable bonds is 8. The van der Waals surface area contributed by atoms with E-state index in [0.717, 1.165) is 0 Å². The molecule has 30 heavy (non-hydrogen) atoms. The van der Waals surface area contributed by atoms with Crippen LogP contribution in [0.3, 0.4) is 0 Å². The largest absolute Gasteiger partial charge is 0.497 e. The number of nitrogens with zero attached hydrogens (tertiary/aromatic N) is 3. The van der Waals surface area contributed by atoms with Crippen molar-refractivity contribution in [2.45, 2.75) is 6.92 Å². The molecule has 8 heteroatoms. The van der Waals surface area contributed by atoms with Crippen LogP contribution in [-0.2, 0) is 4.79 Å². The maximum absolute atomic E-state index is 12.9. The summed E-state index contributed by atoms with van der Waals surface area (Å²) < 4.78 is 5.11. The number of ether oxygens (including phenoxy) is 1. The number of benzene rings is 2. The minimum absolute atomic E-state index is 0.0547. The van der Waals surface area contributed by atoms with E-state index in [4.69, 9.17) is 4.74 Å². The van der Waals surface area contributed by atoms with Crippen LogP contribution in [0, 0.1) is 0 Å². The Morgan fingerprint density at radius 3 is 2.40 bits per heavy atom. The van der Waals surface area contributed by atoms with Crippen LogP contribution < -0.4 is 15.4 Å². The smallest absolute Gasteiger partial charge is 0.254 e. The molecule has 0 atom stereocenters. The van der Waals surface area contributed by atoms with Crippen molar-refractivity contribution in [3.63, 3.8) is 0 Å². The number of methoxy groups -OCH3 is 1. The van der Waals surface area contributed by atoms with E-state index < -0.39 is 0 Å². The fourth-order valence-corrected chi connectivity index (χ4v) is 2.78. The first kappa shape index (κ1) is 20.8. The van der Waals surface area contributed by atoms with E-state index >= 15 is 0 Å². The number of anilines is 3. The van der Waals surface area contributed by atoms with Gasteiger partial charge in [0.1, 0.15) is 12.3 Å². The maximum Gasteiger partial charge on any atom is 0.254 e. The Labute approximate surface area is 174 Å². The number of carbonyl (C=O) groups is 2. The summed E-state index contributed by atoms with van der Waals surface area (Å²) in [5.74, 6) is 0.628. The fraction of sp³-hybridized carbons (Fsp3) is 0.182. The lowest BCUT2D eigenvalue weighted by Crippen LogP contribution is -2.37. The Hall–Kier alpha value is -3.94. The molecule has 8 nitrogen and oxygen atoms in total. The summed E-state index contributed by atoms with van der Waals surface area (Å²) in [7, 11) is 1.58. The van der Waals surface area contributed by atoms with Gasteiger partial charge in [0.15, 0.2) is 0 Å². The number of hydrogen-bond acceptors (Lipinski definition) is 6. The van der Waals surface area contributed by atoms with E-state index in [-0.39, 0.29) is 18.4 Å². The number of hydrogen-bond donors (Lipinski definition) is 2. The van der Waals surface area contributed by atoms with Crippen LogP contribution in [0.15, 0.2) is 67.0 Å². The molecule has 3 aromatic rings. The number of likely N-dealkylation sites (N-methyl/N-ethyl adjacent to an activating group) is 1. The fourth-order valence-electron chi connectivity index (χ4n) is 2.78. The van der Waals surface area contributed by atoms with E-state index in [2.05, 4.69) is 20.6 Å². The van der Waals surface area contributed by atoms with Crippen LogP contribution in [0.5, 0.6) is 5.75 Å². The Morgan fingerprint density at radius 1 is 1.00 bits per heavy atom. The Bertz CT molecular complexity index is 993. The molecule has 0 unspecified atom stereocenters. The van der Waals surface area contributed by atoms with Crippen molar-refractivity contribution in [2.75, 3.05) is 30.8 Å². The van der Waals surface area contributed by atoms with Crippen molar-refractivity contribution < 1.29 is 14.3 Å². The topological polar surface area (TPSA) is 96.5 Å². The highest BCUT2D eigenvalue weighted by Crippen LogP contribution is 2.17. The van der Waals surface area contributed by atoms with Crippen LogP contribution in [0.25, 0.3) is 0 Å². The summed E-state index contributed by atoms with van der Waals surface area (Å²) in [6.07, 6.45) is 3.26. The van der Waals surface area contributed by atoms with Crippen molar-refractivity contribution in [3.05, 3.63) is 72.6 Å². The zero-order valence-electron chi connectivity index (χ0n) is 16.8. The average Bonchev–Trinajstić information content (AvgIpc) is 2.78. The van der Waals surface area contributed by atoms with Gasteiger partial charge in [0.2, 0.25) is 11.9 Å². The van der Waals surface area contributed by atoms with Gasteiger partial charge in [-0.25, -0.2) is 9.97 Å². The lowest BCUT2D eigenvalue weighted by atomic mass is 10.1. The van der Waals surface area contributed by atoms with Crippen LogP contribution in [0.1, 0.15) is 17.3 Å². The predicted molar refractivity (Wildman–Crippen MR) is 115 cm³/mol. The standard InChI is InChI=1S/C22H23N5O3/c1-3-27(15-20(28)25-17-8-10-19(30-2)11-9-17)21(29)16-6-4-7-18(14-16)26-22-23-12-5-13-24-22/h4-14H,3,15H2,1-2H3,(H,25,28)(H,23,24,26). The lowest BCUT2D eigenvalue weighted by molar-refractivity contribution is -0.116. The van der Waals surface area contributed by atoms with Gasteiger partial charge < -0.3 is 20.3 Å². The van der Waals surface area contributed by atoms with Gasteiger partial charge in [-0.3, -0.25) is 9.59 Å². The summed E-state index contributed by atoms with van der Waals surface area (Å²) in [5, 5.41) is 5.85. The van der Waals surface area contributed by atoms with Crippen LogP contribution in [0.2, 0.25) is 0 Å². The number of carbonyl (C=O) groups excluding carboxylic acids is 2. The molecule has 0 saturated heterocycles. The highest BCUT2D eigenvalue weighted by molar-refractivity contribution is 5.99. The van der Waals surface area contributed by atoms with Crippen molar-refractivity contribution in [1.29, 1.82) is 0 Å². The molecule has 0 aliphatic carbocycles. The normalized spacial score (nSPS) is 10.2. The van der Waals surface area contributed by atoms with Gasteiger partial charge >= 0.3 is 0 Å². The quantitative estimate of drug-likeness (QED) is 0.597. The molecule has 0 spiro atoms. The third-order valence-corrected chi connectivity index (χ3v) is 4.31. The molecule has 0 aliphatic heterocycles. The molecule has 0 bridgehead atoms. The summed E-state index contributed by atoms with van der Waals surface area (Å²) in [6, 6.07) is 15.7. The molecule has 0 fully saturated rings. The van der Waals surface area contributed by atoms with Gasteiger partial charge in [-0.1, -0.05) is 6.07 Å². The van der Waals surface area contributed by atoms with Gasteiger partial charge in [-0.2, -0.15) is 0 Å². The summed E-state index contributed by atoms with van der Waals surface area (Å²) in [4.78, 5) is 35.0. The number of nitrogens with one attached hydrogen (secondary N) is 2. The first-order chi connectivity index (χ1) is 14.6. The summed E-state index contributed by atoms with van der Waals surface area (Å²) in [6.45, 7) is 2.17. The number of aromatic nitrogens is 2. The van der Waals surface area contributed by atoms with E-state index in [0.29, 0.717) is 35.2 Å². The van der Waals surface area contributed by atoms with Crippen LogP contribution in [0.4, 0.5) is 17.3 Å². The first-order valence-corrected chi connectivity index (χ1v) is 9.46. The van der Waals surface area contributed by atoms with Gasteiger partial charge in [0.25, 0.3) is 5.91 Å². The van der Waals surface area contributed by atoms with Crippen molar-refractivity contribution in [3.8, 4) is 5.75 Å². The third-order valence-electron chi connectivity index (χ3n) is 4.31. The van der Waals surface area contributed by atoms with Crippen LogP contribution in [-0.4, -0.2) is 46.9 Å². The Balaban J connectivity index is 1.64. The second-order valence-corrected chi connectivity index (χ2v) is 6.37. The minimum atomic E-state index is -0.276. The van der Waals surface area contributed by atoms with Gasteiger partial charge in [0.05, 0.1) is 7.11 Å². The van der Waals surface area contributed by atoms with Gasteiger partial charge in [-0.15, -0.1) is 0 Å². The second-order valence-electron chi connectivity index (χ2n) is 6.37. The van der Waals surface area contributed by atoms with Crippen LogP contribution >= 0.6 is 0 Å². The van der Waals surface area contributed by atoms with E-state index in [1.165, 1.54) is 4.90 Å². The van der Waals surface area contributed by atoms with Crippen molar-refractivity contribution in [2.24, 2.45) is 0 Å². The molecule has 0 aliphatic rings. The third kappa shape index (κ3) is 5.54. The summed E-state index contributed by atoms with van der Waals surface area (Å²) >= 11 is 0. The SMILES string of the molecule is CCN(CC(=O)Nc1ccc(OC)cc1)C(=O)c1cccc(Nc2ncccn2)c1. The minimum Gasteiger partial charge on any atom is -0.497 e. The molecular formula is C22H23N5O3. The monoisotopic (exact) mass is 405 g/mol. The predicted octanol–water partition coefficient (Wildman–Crippen LogP) is 3.33. The average molecular weight is 405 g/mol. The molecular weight excluding hydrogens is 382 g/mol. The molecule has 3 rings (SSSR count). The highest BCUT2D eigenvalue weighted by atomic mass is 16.5. The lowest BCUT2D eigenvalue weighted by Gasteiger charge is -2.21. The maximum atomic E-state index is 12.9. The van der Waals surface area contributed by atoms with Crippen molar-refractivity contribution >= 4 is 29.1 Å². The molecule has 1 aromatic heterocycles. The molecule has 2 N–H and O–H groups in total. The Kier molecular flexibility index (Phi) is 6.94. The van der Waals surface area contributed by atoms with E-state index in [1.54, 1.807) is 68.0 Å². The second kappa shape index (κ2) is 10.0. The molecule has 0 radical (unpaired) electrons. The highest BCUT2D eigenvalue weighted by Gasteiger charge is 2.18. The van der Waals surface area contributed by atoms with Gasteiger partial charge in [0, 0.05) is 35.9 Å². The van der Waals surface area contributed by atoms with Gasteiger partial charge in [-0.05, 0) is 55.5 Å². The molecule has 2 aromatic carbocycles. The molecule has 1 heterocycles. The molecule has 0 saturated carbocycles. The first-order valence-electron chi connectivity index (χ1n) is 9.46. The van der Waals surface area contributed by atoms with Crippen molar-refractivity contribution in [1.82, 2.24) is 14.9 Å². The zero-order chi connectivity index (χ0) is 21.3. The Morgan fingerprint density at radius 2 is 1.73 bits per heavy atom. The zero-order valence-corrected chi connectivity index (χ0v) is 16.8. The molecule has 2 amide bonds. The summed E-state index contributed by atoms with van der Waals surface area (Å²) in [5.41, 5.74) is 1.79. The van der Waals surface area contributed by atoms with E-state index in [1.807, 2.05) is 13.0 Å².